The van der Waals surface area contributed by atoms with Gasteiger partial charge in [-0.05, 0) is 142 Å². The molecule has 4 heteroatoms. The lowest BCUT2D eigenvalue weighted by Crippen LogP contribution is -2.68. The second-order valence-corrected chi connectivity index (χ2v) is 14.6. The largest absolute Gasteiger partial charge is 0.336 e. The van der Waals surface area contributed by atoms with Crippen LogP contribution in [0.2, 0.25) is 0 Å². The quantitative estimate of drug-likeness (QED) is 0.359. The Hall–Kier alpha value is -2.75. The van der Waals surface area contributed by atoms with Gasteiger partial charge in [0.25, 0.3) is 6.71 Å². The Bertz CT molecular complexity index is 1510. The van der Waals surface area contributed by atoms with E-state index in [4.69, 9.17) is 4.98 Å². The number of fused-ring (bicyclic) bond motifs is 12. The zero-order valence-electron chi connectivity index (χ0n) is 23.8. The highest BCUT2D eigenvalue weighted by Crippen LogP contribution is 2.56. The van der Waals surface area contributed by atoms with Crippen LogP contribution in [0.1, 0.15) is 94.7 Å². The first kappa shape index (κ1) is 22.9. The first-order valence-electron chi connectivity index (χ1n) is 16.6. The highest BCUT2D eigenvalue weighted by atomic mass is 15.3. The number of benzene rings is 2. The molecule has 0 atom stereocenters. The molecule has 40 heavy (non-hydrogen) atoms. The molecule has 6 saturated carbocycles. The van der Waals surface area contributed by atoms with E-state index in [0.29, 0.717) is 0 Å². The van der Waals surface area contributed by atoms with Crippen molar-refractivity contribution in [1.82, 2.24) is 4.98 Å². The van der Waals surface area contributed by atoms with Crippen LogP contribution < -0.4 is 26.2 Å². The highest BCUT2D eigenvalue weighted by Gasteiger charge is 2.55. The van der Waals surface area contributed by atoms with Gasteiger partial charge >= 0.3 is 0 Å². The van der Waals surface area contributed by atoms with Gasteiger partial charge in [-0.2, -0.15) is 0 Å². The van der Waals surface area contributed by atoms with E-state index in [9.17, 15) is 0 Å². The van der Waals surface area contributed by atoms with Gasteiger partial charge in [0, 0.05) is 33.8 Å². The Morgan fingerprint density at radius 3 is 1.77 bits per heavy atom. The molecule has 0 radical (unpaired) electrons. The maximum atomic E-state index is 5.76. The number of anilines is 4. The van der Waals surface area contributed by atoms with Gasteiger partial charge in [-0.25, -0.2) is 4.98 Å². The molecule has 3 aromatic rings. The Morgan fingerprint density at radius 2 is 1.18 bits per heavy atom. The number of hydrogen-bond donors (Lipinski definition) is 0. The first-order chi connectivity index (χ1) is 19.7. The number of pyridine rings is 1. The zero-order chi connectivity index (χ0) is 26.1. The lowest BCUT2D eigenvalue weighted by molar-refractivity contribution is 0.139. The van der Waals surface area contributed by atoms with Crippen molar-refractivity contribution in [1.29, 1.82) is 0 Å². The Kier molecular flexibility index (Phi) is 4.55. The summed E-state index contributed by atoms with van der Waals surface area (Å²) in [6, 6.07) is 19.1. The number of aryl methyl sites for hydroxylation is 1. The van der Waals surface area contributed by atoms with Crippen LogP contribution in [-0.2, 0) is 12.8 Å². The van der Waals surface area contributed by atoms with Gasteiger partial charge in [-0.15, -0.1) is 0 Å². The van der Waals surface area contributed by atoms with Crippen molar-refractivity contribution in [3.8, 4) is 0 Å². The molecule has 0 amide bonds. The molecule has 2 aliphatic heterocycles. The molecule has 3 heterocycles. The van der Waals surface area contributed by atoms with Gasteiger partial charge in [0.15, 0.2) is 0 Å². The molecule has 9 aliphatic rings. The molecular weight excluding hydrogens is 485 g/mol. The zero-order valence-corrected chi connectivity index (χ0v) is 23.8. The monoisotopic (exact) mass is 525 g/mol. The summed E-state index contributed by atoms with van der Waals surface area (Å²) in [5.41, 5.74) is 12.7. The summed E-state index contributed by atoms with van der Waals surface area (Å²) in [6.07, 6.45) is 20.1. The third-order valence-corrected chi connectivity index (χ3v) is 13.0. The maximum Gasteiger partial charge on any atom is 0.254 e. The second-order valence-electron chi connectivity index (χ2n) is 14.6. The first-order valence-corrected chi connectivity index (χ1v) is 16.6. The van der Waals surface area contributed by atoms with Gasteiger partial charge in [0.05, 0.1) is 0 Å². The van der Waals surface area contributed by atoms with Crippen LogP contribution in [0.15, 0.2) is 48.5 Å². The molecule has 0 unspecified atom stereocenters. The molecule has 3 nitrogen and oxygen atoms in total. The molecule has 0 N–H and O–H groups in total. The fourth-order valence-electron chi connectivity index (χ4n) is 10.9. The van der Waals surface area contributed by atoms with E-state index in [2.05, 4.69) is 58.3 Å². The summed E-state index contributed by atoms with van der Waals surface area (Å²) in [5, 5.41) is 0. The molecule has 4 bridgehead atoms. The van der Waals surface area contributed by atoms with Gasteiger partial charge in [-0.1, -0.05) is 36.4 Å². The Labute approximate surface area is 239 Å². The van der Waals surface area contributed by atoms with Crippen molar-refractivity contribution in [3.63, 3.8) is 0 Å². The molecule has 7 aliphatic carbocycles. The third kappa shape index (κ3) is 2.81. The number of para-hydroxylation sites is 2. The fraction of sp³-hybridized carbons (Fsp3) is 0.528. The minimum atomic E-state index is 0.229. The number of aromatic nitrogens is 1. The van der Waals surface area contributed by atoms with Gasteiger partial charge in [0.2, 0.25) is 0 Å². The topological polar surface area (TPSA) is 19.4 Å². The molecule has 202 valence electrons. The third-order valence-electron chi connectivity index (χ3n) is 13.0. The second kappa shape index (κ2) is 7.96. The molecule has 2 aromatic carbocycles. The number of rotatable bonds is 2. The SMILES string of the molecule is c1ccc2c(c1)B1c3ccccc3N(C34CCC(CC3)CC4)c3c4c(nc(c31)N2C12CCC(CC1)CC2)CCC4. The smallest absolute Gasteiger partial charge is 0.254 e. The average molecular weight is 526 g/mol. The Morgan fingerprint density at radius 1 is 0.650 bits per heavy atom. The Balaban J connectivity index is 1.30. The molecule has 6 fully saturated rings. The van der Waals surface area contributed by atoms with Crippen LogP contribution in [0, 0.1) is 11.8 Å². The van der Waals surface area contributed by atoms with Crippen LogP contribution in [0.25, 0.3) is 0 Å². The standard InChI is InChI=1S/C36H40BN3/c1-3-10-30-27(7-1)37-28-8-2-4-11-31(28)40(36-21-15-25(16-22-36)17-23-36)34-32(37)33(26-6-5-9-29(26)38-34)39(30)35-18-12-24(13-19-35)14-20-35/h1-4,7-8,10-11,24-25H,5-6,9,12-23H2. The summed E-state index contributed by atoms with van der Waals surface area (Å²) < 4.78 is 0. The predicted molar refractivity (Wildman–Crippen MR) is 166 cm³/mol. The van der Waals surface area contributed by atoms with Crippen LogP contribution in [-0.4, -0.2) is 22.8 Å². The molecule has 12 rings (SSSR count). The van der Waals surface area contributed by atoms with E-state index < -0.39 is 0 Å². The summed E-state index contributed by atoms with van der Waals surface area (Å²) in [4.78, 5) is 11.6. The van der Waals surface area contributed by atoms with E-state index in [1.54, 1.807) is 16.7 Å². The molecule has 0 saturated heterocycles. The van der Waals surface area contributed by atoms with Crippen molar-refractivity contribution >= 4 is 46.0 Å². The van der Waals surface area contributed by atoms with Gasteiger partial charge in [0.1, 0.15) is 5.82 Å². The van der Waals surface area contributed by atoms with E-state index in [0.717, 1.165) is 18.3 Å². The average Bonchev–Trinajstić information content (AvgIpc) is 3.51. The van der Waals surface area contributed by atoms with Gasteiger partial charge in [-0.3, -0.25) is 0 Å². The summed E-state index contributed by atoms with van der Waals surface area (Å²) in [5.74, 6) is 3.27. The van der Waals surface area contributed by atoms with Crippen molar-refractivity contribution in [2.45, 2.75) is 107 Å². The number of nitrogens with zero attached hydrogens (tertiary/aromatic N) is 3. The molecule has 1 aromatic heterocycles. The highest BCUT2D eigenvalue weighted by molar-refractivity contribution is 7.00. The van der Waals surface area contributed by atoms with Crippen molar-refractivity contribution in [3.05, 3.63) is 59.8 Å². The lowest BCUT2D eigenvalue weighted by Gasteiger charge is -2.59. The normalized spacial score (nSPS) is 32.5. The van der Waals surface area contributed by atoms with Crippen LogP contribution in [0.4, 0.5) is 22.9 Å². The van der Waals surface area contributed by atoms with E-state index >= 15 is 0 Å². The van der Waals surface area contributed by atoms with E-state index in [1.807, 2.05) is 0 Å². The fourth-order valence-corrected chi connectivity index (χ4v) is 10.9. The summed E-state index contributed by atoms with van der Waals surface area (Å²) in [7, 11) is 0. The molecule has 0 spiro atoms. The van der Waals surface area contributed by atoms with Crippen molar-refractivity contribution < 1.29 is 0 Å². The summed E-state index contributed by atoms with van der Waals surface area (Å²) >= 11 is 0. The minimum absolute atomic E-state index is 0.229. The van der Waals surface area contributed by atoms with Crippen molar-refractivity contribution in [2.75, 3.05) is 9.80 Å². The summed E-state index contributed by atoms with van der Waals surface area (Å²) in [6.45, 7) is 0.288. The van der Waals surface area contributed by atoms with Crippen LogP contribution >= 0.6 is 0 Å². The lowest BCUT2D eigenvalue weighted by atomic mass is 9.33. The maximum absolute atomic E-state index is 5.76. The van der Waals surface area contributed by atoms with Crippen LogP contribution in [0.3, 0.4) is 0 Å². The minimum Gasteiger partial charge on any atom is -0.336 e. The van der Waals surface area contributed by atoms with Crippen molar-refractivity contribution in [2.24, 2.45) is 11.8 Å². The predicted octanol–water partition coefficient (Wildman–Crippen LogP) is 6.44. The van der Waals surface area contributed by atoms with E-state index in [1.165, 1.54) is 124 Å². The molecular formula is C36H40BN3. The van der Waals surface area contributed by atoms with Gasteiger partial charge < -0.3 is 9.80 Å². The van der Waals surface area contributed by atoms with E-state index in [-0.39, 0.29) is 17.8 Å². The number of hydrogen-bond acceptors (Lipinski definition) is 3. The van der Waals surface area contributed by atoms with Crippen LogP contribution in [0.5, 0.6) is 0 Å².